The van der Waals surface area contributed by atoms with Gasteiger partial charge in [-0.3, -0.25) is 13.9 Å². The molecule has 40 heavy (non-hydrogen) atoms. The van der Waals surface area contributed by atoms with Crippen LogP contribution >= 0.6 is 0 Å². The Morgan fingerprint density at radius 3 is 2.12 bits per heavy atom. The molecule has 0 aliphatic carbocycles. The van der Waals surface area contributed by atoms with E-state index < -0.39 is 16.1 Å². The van der Waals surface area contributed by atoms with Crippen LogP contribution in [-0.2, 0) is 39.0 Å². The minimum absolute atomic E-state index is 0.107. The summed E-state index contributed by atoms with van der Waals surface area (Å²) in [5, 5.41) is 2.91. The van der Waals surface area contributed by atoms with E-state index in [1.165, 1.54) is 10.6 Å². The first-order valence-corrected chi connectivity index (χ1v) is 15.7. The number of carbonyl (C=O) groups is 2. The number of amides is 2. The van der Waals surface area contributed by atoms with Crippen molar-refractivity contribution in [1.82, 2.24) is 10.2 Å². The Morgan fingerprint density at radius 1 is 0.875 bits per heavy atom. The summed E-state index contributed by atoms with van der Waals surface area (Å²) in [4.78, 5) is 28.8. The number of carbonyl (C=O) groups excluding carboxylic acids is 2. The summed E-state index contributed by atoms with van der Waals surface area (Å²) in [5.74, 6) is -0.396. The van der Waals surface area contributed by atoms with Crippen molar-refractivity contribution in [2.75, 3.05) is 23.7 Å². The summed E-state index contributed by atoms with van der Waals surface area (Å²) >= 11 is 0. The number of anilines is 1. The lowest BCUT2D eigenvalue weighted by Crippen LogP contribution is -2.50. The van der Waals surface area contributed by atoms with Crippen molar-refractivity contribution < 1.29 is 18.0 Å². The number of benzene rings is 3. The maximum absolute atomic E-state index is 13.8. The number of hydrogen-bond donors (Lipinski definition) is 1. The molecule has 3 aromatic rings. The van der Waals surface area contributed by atoms with Crippen LogP contribution in [0.3, 0.4) is 0 Å². The fraction of sp³-hybridized carbons (Fsp3) is 0.375. The van der Waals surface area contributed by atoms with Crippen LogP contribution in [0.1, 0.15) is 48.9 Å². The molecule has 0 radical (unpaired) electrons. The lowest BCUT2D eigenvalue weighted by Gasteiger charge is -2.32. The molecule has 0 aliphatic rings. The van der Waals surface area contributed by atoms with Gasteiger partial charge in [0.25, 0.3) is 0 Å². The van der Waals surface area contributed by atoms with Crippen molar-refractivity contribution in [3.63, 3.8) is 0 Å². The minimum Gasteiger partial charge on any atom is -0.355 e. The van der Waals surface area contributed by atoms with Crippen molar-refractivity contribution in [1.29, 1.82) is 0 Å². The Balaban J connectivity index is 1.86. The van der Waals surface area contributed by atoms with Gasteiger partial charge in [-0.05, 0) is 61.1 Å². The van der Waals surface area contributed by atoms with Gasteiger partial charge in [-0.15, -0.1) is 0 Å². The predicted molar refractivity (Wildman–Crippen MR) is 162 cm³/mol. The molecule has 1 unspecified atom stereocenters. The normalized spacial score (nSPS) is 12.0. The van der Waals surface area contributed by atoms with Gasteiger partial charge in [0, 0.05) is 32.5 Å². The van der Waals surface area contributed by atoms with E-state index >= 15 is 0 Å². The Hall–Kier alpha value is -3.65. The third kappa shape index (κ3) is 8.68. The van der Waals surface area contributed by atoms with Crippen LogP contribution in [0.25, 0.3) is 0 Å². The van der Waals surface area contributed by atoms with Gasteiger partial charge in [-0.2, -0.15) is 0 Å². The fourth-order valence-corrected chi connectivity index (χ4v) is 5.68. The van der Waals surface area contributed by atoms with E-state index in [0.29, 0.717) is 25.1 Å². The van der Waals surface area contributed by atoms with Gasteiger partial charge in [0.2, 0.25) is 21.8 Å². The average molecular weight is 564 g/mol. The van der Waals surface area contributed by atoms with Gasteiger partial charge in [0.1, 0.15) is 6.04 Å². The molecule has 1 atom stereocenters. The first-order chi connectivity index (χ1) is 19.1. The van der Waals surface area contributed by atoms with Gasteiger partial charge >= 0.3 is 0 Å². The molecule has 2 amide bonds. The predicted octanol–water partition coefficient (Wildman–Crippen LogP) is 4.88. The van der Waals surface area contributed by atoms with Crippen molar-refractivity contribution >= 4 is 27.5 Å². The molecule has 0 aromatic heterocycles. The molecular weight excluding hydrogens is 522 g/mol. The summed E-state index contributed by atoms with van der Waals surface area (Å²) < 4.78 is 26.6. The molecule has 8 heteroatoms. The quantitative estimate of drug-likeness (QED) is 0.303. The van der Waals surface area contributed by atoms with Crippen molar-refractivity contribution in [3.05, 3.63) is 101 Å². The topological polar surface area (TPSA) is 86.8 Å². The van der Waals surface area contributed by atoms with E-state index in [2.05, 4.69) is 5.32 Å². The highest BCUT2D eigenvalue weighted by Gasteiger charge is 2.30. The molecule has 0 bridgehead atoms. The molecular formula is C32H41N3O4S. The highest BCUT2D eigenvalue weighted by Crippen LogP contribution is 2.21. The number of aryl methyl sites for hydroxylation is 2. The zero-order valence-corrected chi connectivity index (χ0v) is 24.8. The lowest BCUT2D eigenvalue weighted by molar-refractivity contribution is -0.141. The molecule has 0 heterocycles. The molecule has 0 spiro atoms. The van der Waals surface area contributed by atoms with Gasteiger partial charge in [-0.25, -0.2) is 8.42 Å². The Bertz CT molecular complexity index is 1360. The maximum Gasteiger partial charge on any atom is 0.243 e. The van der Waals surface area contributed by atoms with Crippen LogP contribution in [0.4, 0.5) is 5.69 Å². The van der Waals surface area contributed by atoms with E-state index in [0.717, 1.165) is 28.7 Å². The molecule has 0 fully saturated rings. The molecule has 0 saturated carbocycles. The van der Waals surface area contributed by atoms with E-state index in [4.69, 9.17) is 0 Å². The van der Waals surface area contributed by atoms with E-state index in [-0.39, 0.29) is 31.3 Å². The van der Waals surface area contributed by atoms with Gasteiger partial charge < -0.3 is 10.2 Å². The highest BCUT2D eigenvalue weighted by atomic mass is 32.2. The number of rotatable bonds is 14. The third-order valence-electron chi connectivity index (χ3n) is 7.01. The molecule has 1 N–H and O–H groups in total. The number of hydrogen-bond acceptors (Lipinski definition) is 4. The van der Waals surface area contributed by atoms with Crippen molar-refractivity contribution in [3.8, 4) is 0 Å². The number of nitrogens with one attached hydrogen (secondary N) is 1. The average Bonchev–Trinajstić information content (AvgIpc) is 2.94. The summed E-state index contributed by atoms with van der Waals surface area (Å²) in [5.41, 5.74) is 4.66. The van der Waals surface area contributed by atoms with Crippen LogP contribution < -0.4 is 9.62 Å². The maximum atomic E-state index is 13.8. The Labute approximate surface area is 239 Å². The molecule has 0 saturated heterocycles. The van der Waals surface area contributed by atoms with Crippen LogP contribution in [0.15, 0.2) is 78.9 Å². The van der Waals surface area contributed by atoms with Gasteiger partial charge in [-0.1, -0.05) is 73.7 Å². The molecule has 214 valence electrons. The number of nitrogens with zero attached hydrogens (tertiary/aromatic N) is 2. The fourth-order valence-electron chi connectivity index (χ4n) is 4.72. The van der Waals surface area contributed by atoms with Crippen LogP contribution in [0, 0.1) is 6.92 Å². The van der Waals surface area contributed by atoms with E-state index in [1.807, 2.05) is 87.5 Å². The second kappa shape index (κ2) is 14.7. The monoisotopic (exact) mass is 563 g/mol. The standard InChI is InChI=1S/C32H41N3O4S/c1-5-26-18-20-29(21-19-26)35(40(4,38)39)22-12-17-31(36)34(24-28-16-11-10-13-25(28)3)30(32(37)33-6-2)23-27-14-8-7-9-15-27/h7-11,13-16,18-21,30H,5-6,12,17,22-24H2,1-4H3,(H,33,37). The zero-order chi connectivity index (χ0) is 29.1. The summed E-state index contributed by atoms with van der Waals surface area (Å²) in [7, 11) is -3.54. The van der Waals surface area contributed by atoms with Crippen LogP contribution in [0.2, 0.25) is 0 Å². The zero-order valence-electron chi connectivity index (χ0n) is 24.0. The smallest absolute Gasteiger partial charge is 0.243 e. The summed E-state index contributed by atoms with van der Waals surface area (Å²) in [6, 6.07) is 24.2. The van der Waals surface area contributed by atoms with Gasteiger partial charge in [0.05, 0.1) is 11.9 Å². The summed E-state index contributed by atoms with van der Waals surface area (Å²) in [6.45, 7) is 6.80. The molecule has 3 aromatic carbocycles. The SMILES string of the molecule is CCNC(=O)C(Cc1ccccc1)N(Cc1ccccc1C)C(=O)CCCN(c1ccc(CC)cc1)S(C)(=O)=O. The summed E-state index contributed by atoms with van der Waals surface area (Å²) in [6.07, 6.45) is 2.84. The third-order valence-corrected chi connectivity index (χ3v) is 8.20. The number of sulfonamides is 1. The second-order valence-electron chi connectivity index (χ2n) is 10.0. The molecule has 7 nitrogen and oxygen atoms in total. The van der Waals surface area contributed by atoms with Crippen LogP contribution in [0.5, 0.6) is 0 Å². The van der Waals surface area contributed by atoms with E-state index in [1.54, 1.807) is 17.0 Å². The molecule has 0 aliphatic heterocycles. The molecule has 3 rings (SSSR count). The highest BCUT2D eigenvalue weighted by molar-refractivity contribution is 7.92. The Kier molecular flexibility index (Phi) is 11.3. The first-order valence-electron chi connectivity index (χ1n) is 13.9. The lowest BCUT2D eigenvalue weighted by atomic mass is 10.0. The van der Waals surface area contributed by atoms with E-state index in [9.17, 15) is 18.0 Å². The van der Waals surface area contributed by atoms with Crippen molar-refractivity contribution in [2.45, 2.75) is 59.0 Å². The second-order valence-corrected chi connectivity index (χ2v) is 11.9. The minimum atomic E-state index is -3.54. The first kappa shape index (κ1) is 30.9. The van der Waals surface area contributed by atoms with Gasteiger partial charge in [0.15, 0.2) is 0 Å². The Morgan fingerprint density at radius 2 is 1.52 bits per heavy atom. The van der Waals surface area contributed by atoms with Crippen molar-refractivity contribution in [2.24, 2.45) is 0 Å². The largest absolute Gasteiger partial charge is 0.355 e. The van der Waals surface area contributed by atoms with Crippen LogP contribution in [-0.4, -0.2) is 50.5 Å². The number of likely N-dealkylation sites (N-methyl/N-ethyl adjacent to an activating group) is 1.